The van der Waals surface area contributed by atoms with Crippen molar-refractivity contribution in [1.82, 2.24) is 25.1 Å². The first-order chi connectivity index (χ1) is 15.0. The third-order valence-corrected chi connectivity index (χ3v) is 5.83. The molecule has 0 radical (unpaired) electrons. The molecule has 0 saturated heterocycles. The molecule has 0 aliphatic carbocycles. The number of nitrogens with one attached hydrogen (secondary N) is 2. The van der Waals surface area contributed by atoms with E-state index in [4.69, 9.17) is 16.3 Å². The summed E-state index contributed by atoms with van der Waals surface area (Å²) in [7, 11) is 0. The van der Waals surface area contributed by atoms with Gasteiger partial charge in [0.25, 0.3) is 5.91 Å². The molecule has 3 rings (SSSR count). The zero-order valence-electron chi connectivity index (χ0n) is 17.3. The maximum absolute atomic E-state index is 12.5. The monoisotopic (exact) mass is 526 g/mol. The van der Waals surface area contributed by atoms with Gasteiger partial charge in [0.2, 0.25) is 0 Å². The van der Waals surface area contributed by atoms with Crippen LogP contribution >= 0.6 is 39.3 Å². The first-order valence-corrected chi connectivity index (χ1v) is 12.1. The van der Waals surface area contributed by atoms with Gasteiger partial charge in [0.15, 0.2) is 10.8 Å². The zero-order valence-corrected chi connectivity index (χ0v) is 20.5. The third kappa shape index (κ3) is 6.31. The molecule has 0 spiro atoms. The van der Waals surface area contributed by atoms with E-state index in [1.807, 2.05) is 6.92 Å². The summed E-state index contributed by atoms with van der Waals surface area (Å²) >= 11 is 11.1. The summed E-state index contributed by atoms with van der Waals surface area (Å²) in [6, 6.07) is 5.18. The second-order valence-electron chi connectivity index (χ2n) is 6.40. The van der Waals surface area contributed by atoms with Crippen LogP contribution < -0.4 is 10.6 Å². The lowest BCUT2D eigenvalue weighted by molar-refractivity contribution is 0.0952. The van der Waals surface area contributed by atoms with E-state index in [2.05, 4.69) is 48.6 Å². The van der Waals surface area contributed by atoms with Crippen LogP contribution in [0.25, 0.3) is 11.0 Å². The van der Waals surface area contributed by atoms with Gasteiger partial charge >= 0.3 is 0 Å². The molecule has 1 aromatic carbocycles. The van der Waals surface area contributed by atoms with Crippen LogP contribution in [0.15, 0.2) is 34.0 Å². The van der Waals surface area contributed by atoms with E-state index in [1.54, 1.807) is 40.8 Å². The molecule has 0 saturated carbocycles. The normalized spacial score (nSPS) is 11.1. The number of fused-ring (bicyclic) bond motifs is 1. The van der Waals surface area contributed by atoms with Crippen molar-refractivity contribution < 1.29 is 9.53 Å². The van der Waals surface area contributed by atoms with Gasteiger partial charge in [-0.05, 0) is 30.9 Å². The molecule has 31 heavy (non-hydrogen) atoms. The molecule has 3 aromatic rings. The van der Waals surface area contributed by atoms with Gasteiger partial charge < -0.3 is 15.4 Å². The van der Waals surface area contributed by atoms with Gasteiger partial charge in [-0.25, -0.2) is 14.6 Å². The number of thioether (sulfide) groups is 1. The molecule has 0 fully saturated rings. The number of carbonyl (C=O) groups is 1. The lowest BCUT2D eigenvalue weighted by Gasteiger charge is -2.10. The SMILES string of the molecule is CCOCCNc1nc(SCC)nc2c1cnn2CCNC(=O)c1cc(Br)ccc1Cl. The van der Waals surface area contributed by atoms with Crippen LogP contribution in [-0.2, 0) is 11.3 Å². The molecule has 1 amide bonds. The summed E-state index contributed by atoms with van der Waals surface area (Å²) in [6.07, 6.45) is 1.74. The van der Waals surface area contributed by atoms with E-state index in [-0.39, 0.29) is 5.91 Å². The first-order valence-electron chi connectivity index (χ1n) is 9.94. The van der Waals surface area contributed by atoms with E-state index >= 15 is 0 Å². The molecule has 0 unspecified atom stereocenters. The minimum absolute atomic E-state index is 0.238. The van der Waals surface area contributed by atoms with Crippen LogP contribution in [0.1, 0.15) is 24.2 Å². The Kier molecular flexibility index (Phi) is 8.94. The number of hydrogen-bond donors (Lipinski definition) is 2. The fourth-order valence-corrected chi connectivity index (χ4v) is 3.98. The Bertz CT molecular complexity index is 1050. The predicted molar refractivity (Wildman–Crippen MR) is 128 cm³/mol. The van der Waals surface area contributed by atoms with Crippen LogP contribution in [-0.4, -0.2) is 57.7 Å². The highest BCUT2D eigenvalue weighted by atomic mass is 79.9. The number of ether oxygens (including phenoxy) is 1. The molecule has 166 valence electrons. The third-order valence-electron chi connectivity index (χ3n) is 4.27. The number of carbonyl (C=O) groups excluding carboxylic acids is 1. The molecule has 11 heteroatoms. The maximum atomic E-state index is 12.5. The van der Waals surface area contributed by atoms with Gasteiger partial charge in [-0.2, -0.15) is 5.10 Å². The van der Waals surface area contributed by atoms with E-state index in [1.165, 1.54) is 0 Å². The van der Waals surface area contributed by atoms with Crippen molar-refractivity contribution in [3.8, 4) is 0 Å². The van der Waals surface area contributed by atoms with E-state index in [0.29, 0.717) is 48.6 Å². The molecule has 2 N–H and O–H groups in total. The van der Waals surface area contributed by atoms with Gasteiger partial charge in [-0.3, -0.25) is 4.79 Å². The minimum Gasteiger partial charge on any atom is -0.380 e. The van der Waals surface area contributed by atoms with Crippen molar-refractivity contribution in [1.29, 1.82) is 0 Å². The Labute approximate surface area is 198 Å². The number of hydrogen-bond acceptors (Lipinski definition) is 7. The van der Waals surface area contributed by atoms with Gasteiger partial charge in [0.1, 0.15) is 5.82 Å². The average Bonchev–Trinajstić information content (AvgIpc) is 3.16. The number of nitrogens with zero attached hydrogens (tertiary/aromatic N) is 4. The number of rotatable bonds is 11. The smallest absolute Gasteiger partial charge is 0.252 e. The number of anilines is 1. The van der Waals surface area contributed by atoms with Crippen LogP contribution in [0.4, 0.5) is 5.82 Å². The summed E-state index contributed by atoms with van der Waals surface area (Å²) in [6.45, 7) is 6.78. The summed E-state index contributed by atoms with van der Waals surface area (Å²) in [5, 5.41) is 12.6. The lowest BCUT2D eigenvalue weighted by Crippen LogP contribution is -2.27. The van der Waals surface area contributed by atoms with Crippen LogP contribution in [0.2, 0.25) is 5.02 Å². The molecule has 0 aliphatic rings. The Morgan fingerprint density at radius 3 is 2.90 bits per heavy atom. The van der Waals surface area contributed by atoms with Gasteiger partial charge in [-0.1, -0.05) is 46.2 Å². The number of benzene rings is 1. The summed E-state index contributed by atoms with van der Waals surface area (Å²) < 4.78 is 7.96. The van der Waals surface area contributed by atoms with Crippen LogP contribution in [0.5, 0.6) is 0 Å². The molecule has 0 atom stereocenters. The van der Waals surface area contributed by atoms with E-state index in [9.17, 15) is 4.79 Å². The van der Waals surface area contributed by atoms with Gasteiger partial charge in [-0.15, -0.1) is 0 Å². The molecule has 0 bridgehead atoms. The molecule has 2 heterocycles. The predicted octanol–water partition coefficient (Wildman–Crippen LogP) is 4.23. The fourth-order valence-electron chi connectivity index (χ4n) is 2.86. The van der Waals surface area contributed by atoms with Crippen LogP contribution in [0, 0.1) is 0 Å². The molecular weight excluding hydrogens is 504 g/mol. The van der Waals surface area contributed by atoms with Crippen molar-refractivity contribution in [2.24, 2.45) is 0 Å². The molecular formula is C20H24BrClN6O2S. The average molecular weight is 528 g/mol. The molecule has 2 aromatic heterocycles. The van der Waals surface area contributed by atoms with Gasteiger partial charge in [0, 0.05) is 24.2 Å². The van der Waals surface area contributed by atoms with Crippen molar-refractivity contribution in [3.05, 3.63) is 39.5 Å². The van der Waals surface area contributed by atoms with E-state index < -0.39 is 0 Å². The topological polar surface area (TPSA) is 94.0 Å². The van der Waals surface area contributed by atoms with Gasteiger partial charge in [0.05, 0.1) is 35.3 Å². The molecule has 8 nitrogen and oxygen atoms in total. The second-order valence-corrected chi connectivity index (χ2v) is 8.95. The van der Waals surface area contributed by atoms with E-state index in [0.717, 1.165) is 27.1 Å². The first kappa shape index (κ1) is 23.8. The highest BCUT2D eigenvalue weighted by molar-refractivity contribution is 9.10. The standard InChI is InChI=1S/C20H24BrClN6O2S/c1-3-30-10-8-23-17-15-12-25-28(18(15)27-20(26-17)31-4-2)9-7-24-19(29)14-11-13(21)5-6-16(14)22/h5-6,11-12H,3-4,7-10H2,1-2H3,(H,24,29)(H,23,26,27). The second kappa shape index (κ2) is 11.7. The van der Waals surface area contributed by atoms with Crippen molar-refractivity contribution in [2.45, 2.75) is 25.5 Å². The summed E-state index contributed by atoms with van der Waals surface area (Å²) in [5.74, 6) is 1.36. The van der Waals surface area contributed by atoms with Crippen LogP contribution in [0.3, 0.4) is 0 Å². The maximum Gasteiger partial charge on any atom is 0.252 e. The lowest BCUT2D eigenvalue weighted by atomic mass is 10.2. The number of amides is 1. The molecule has 0 aliphatic heterocycles. The Balaban J connectivity index is 1.72. The van der Waals surface area contributed by atoms with Crippen molar-refractivity contribution in [3.63, 3.8) is 0 Å². The highest BCUT2D eigenvalue weighted by Gasteiger charge is 2.14. The Morgan fingerprint density at radius 1 is 1.29 bits per heavy atom. The largest absolute Gasteiger partial charge is 0.380 e. The summed E-state index contributed by atoms with van der Waals surface area (Å²) in [5.41, 5.74) is 1.14. The summed E-state index contributed by atoms with van der Waals surface area (Å²) in [4.78, 5) is 21.7. The quantitative estimate of drug-likeness (QED) is 0.219. The number of halogens is 2. The highest BCUT2D eigenvalue weighted by Crippen LogP contribution is 2.24. The zero-order chi connectivity index (χ0) is 22.2. The van der Waals surface area contributed by atoms with Crippen molar-refractivity contribution >= 4 is 62.1 Å². The number of aromatic nitrogens is 4. The van der Waals surface area contributed by atoms with Crippen molar-refractivity contribution in [2.75, 3.05) is 37.4 Å². The minimum atomic E-state index is -0.238. The fraction of sp³-hybridized carbons (Fsp3) is 0.400. The Morgan fingerprint density at radius 2 is 2.13 bits per heavy atom. The Hall–Kier alpha value is -1.88.